The van der Waals surface area contributed by atoms with Crippen molar-refractivity contribution in [3.63, 3.8) is 0 Å². The molecule has 0 spiro atoms. The summed E-state index contributed by atoms with van der Waals surface area (Å²) in [5, 5.41) is 2.78. The Hall–Kier alpha value is -3.00. The number of benzene rings is 2. The maximum Gasteiger partial charge on any atom is 0.339 e. The summed E-state index contributed by atoms with van der Waals surface area (Å²) in [6.07, 6.45) is 0. The van der Waals surface area contributed by atoms with Crippen molar-refractivity contribution in [3.05, 3.63) is 54.1 Å². The second-order valence-corrected chi connectivity index (χ2v) is 8.67. The minimum Gasteiger partial charge on any atom is -0.452 e. The number of amides is 2. The largest absolute Gasteiger partial charge is 0.452 e. The van der Waals surface area contributed by atoms with Crippen LogP contribution in [0.15, 0.2) is 53.4 Å². The van der Waals surface area contributed by atoms with Gasteiger partial charge in [0.15, 0.2) is 6.61 Å². The number of fused-ring (bicyclic) bond motifs is 1. The third-order valence-corrected chi connectivity index (χ3v) is 6.07. The molecule has 1 aliphatic rings. The van der Waals surface area contributed by atoms with E-state index in [1.807, 2.05) is 0 Å². The van der Waals surface area contributed by atoms with Gasteiger partial charge in [0.2, 0.25) is 5.91 Å². The highest BCUT2D eigenvalue weighted by Gasteiger charge is 2.43. The summed E-state index contributed by atoms with van der Waals surface area (Å²) in [4.78, 5) is 39.6. The summed E-state index contributed by atoms with van der Waals surface area (Å²) in [6, 6.07) is 13.4. The molecule has 0 fully saturated rings. The van der Waals surface area contributed by atoms with Crippen LogP contribution in [0.2, 0.25) is 0 Å². The number of rotatable bonds is 5. The zero-order valence-electron chi connectivity index (χ0n) is 16.4. The molecule has 0 aliphatic carbocycles. The summed E-state index contributed by atoms with van der Waals surface area (Å²) >= 11 is 0. The molecule has 2 aromatic rings. The van der Waals surface area contributed by atoms with Crippen molar-refractivity contribution in [3.8, 4) is 0 Å². The Morgan fingerprint density at radius 1 is 1.10 bits per heavy atom. The molecule has 0 unspecified atom stereocenters. The normalized spacial score (nSPS) is 15.8. The fourth-order valence-corrected chi connectivity index (χ4v) is 4.10. The van der Waals surface area contributed by atoms with E-state index in [0.717, 1.165) is 0 Å². The Morgan fingerprint density at radius 2 is 1.76 bits per heavy atom. The van der Waals surface area contributed by atoms with E-state index in [1.165, 1.54) is 11.0 Å². The van der Waals surface area contributed by atoms with Crippen LogP contribution in [-0.4, -0.2) is 39.9 Å². The first-order chi connectivity index (χ1) is 13.8. The predicted octanol–water partition coefficient (Wildman–Crippen LogP) is 2.73. The number of hydrogen-bond acceptors (Lipinski definition) is 5. The average Bonchev–Trinajstić information content (AvgIpc) is 2.72. The smallest absolute Gasteiger partial charge is 0.339 e. The molecule has 1 atom stereocenters. The maximum atomic E-state index is 12.9. The van der Waals surface area contributed by atoms with Crippen molar-refractivity contribution in [1.29, 1.82) is 0 Å². The Kier molecular flexibility index (Phi) is 5.83. The first-order valence-electron chi connectivity index (χ1n) is 9.15. The van der Waals surface area contributed by atoms with Crippen LogP contribution in [0.5, 0.6) is 0 Å². The van der Waals surface area contributed by atoms with Crippen molar-refractivity contribution in [1.82, 2.24) is 0 Å². The molecule has 3 rings (SSSR count). The summed E-state index contributed by atoms with van der Waals surface area (Å²) in [5.41, 5.74) is 0.0572. The van der Waals surface area contributed by atoms with E-state index in [2.05, 4.69) is 5.32 Å². The van der Waals surface area contributed by atoms with Crippen LogP contribution >= 0.6 is 0 Å². The van der Waals surface area contributed by atoms with Gasteiger partial charge < -0.3 is 10.1 Å². The maximum absolute atomic E-state index is 12.9. The fraction of sp³-hybridized carbons (Fsp3) is 0.286. The first kappa shape index (κ1) is 20.7. The van der Waals surface area contributed by atoms with Gasteiger partial charge in [-0.1, -0.05) is 31.2 Å². The topological polar surface area (TPSA) is 92.8 Å². The molecule has 0 bridgehead atoms. The third-order valence-electron chi connectivity index (χ3n) is 4.70. The second-order valence-electron chi connectivity index (χ2n) is 6.97. The fourth-order valence-electron chi connectivity index (χ4n) is 3.16. The molecule has 0 aromatic heterocycles. The minimum absolute atomic E-state index is 0.163. The zero-order valence-corrected chi connectivity index (χ0v) is 17.2. The van der Waals surface area contributed by atoms with Crippen LogP contribution in [0.25, 0.3) is 0 Å². The molecule has 1 heterocycles. The second kappa shape index (κ2) is 8.16. The number of anilines is 2. The molecule has 7 nitrogen and oxygen atoms in total. The molecule has 152 valence electrons. The van der Waals surface area contributed by atoms with Gasteiger partial charge in [-0.3, -0.25) is 18.7 Å². The molecule has 29 heavy (non-hydrogen) atoms. The van der Waals surface area contributed by atoms with Gasteiger partial charge >= 0.3 is 5.97 Å². The quantitative estimate of drug-likeness (QED) is 0.760. The van der Waals surface area contributed by atoms with Gasteiger partial charge in [-0.15, -0.1) is 0 Å². The monoisotopic (exact) mass is 414 g/mol. The number of carbonyl (C=O) groups excluding carboxylic acids is 3. The Morgan fingerprint density at radius 3 is 2.48 bits per heavy atom. The lowest BCUT2D eigenvalue weighted by Crippen LogP contribution is -2.59. The highest BCUT2D eigenvalue weighted by molar-refractivity contribution is 7.85. The molecule has 8 heteroatoms. The minimum atomic E-state index is -1.34. The number of ether oxygens (including phenoxy) is 1. The van der Waals surface area contributed by atoms with E-state index in [9.17, 15) is 18.6 Å². The van der Waals surface area contributed by atoms with Gasteiger partial charge in [0.05, 0.1) is 32.6 Å². The van der Waals surface area contributed by atoms with E-state index in [4.69, 9.17) is 4.74 Å². The van der Waals surface area contributed by atoms with Crippen LogP contribution in [0, 0.1) is 0 Å². The summed E-state index contributed by atoms with van der Waals surface area (Å²) < 4.78 is 17.4. The molecule has 0 saturated heterocycles. The van der Waals surface area contributed by atoms with Crippen molar-refractivity contribution < 1.29 is 23.3 Å². The molecule has 1 N–H and O–H groups in total. The number of esters is 1. The van der Waals surface area contributed by atoms with Gasteiger partial charge in [-0.2, -0.15) is 0 Å². The predicted molar refractivity (Wildman–Crippen MR) is 110 cm³/mol. The number of para-hydroxylation sites is 2. The van der Waals surface area contributed by atoms with Crippen LogP contribution in [-0.2, 0) is 25.1 Å². The van der Waals surface area contributed by atoms with Crippen LogP contribution in [0.3, 0.4) is 0 Å². The zero-order chi connectivity index (χ0) is 21.2. The van der Waals surface area contributed by atoms with Crippen molar-refractivity contribution in [2.75, 3.05) is 22.6 Å². The molecule has 1 aliphatic heterocycles. The van der Waals surface area contributed by atoms with Gasteiger partial charge in [0, 0.05) is 5.75 Å². The number of carbonyl (C=O) groups is 3. The summed E-state index contributed by atoms with van der Waals surface area (Å²) in [7, 11) is -1.34. The van der Waals surface area contributed by atoms with E-state index < -0.39 is 34.8 Å². The summed E-state index contributed by atoms with van der Waals surface area (Å²) in [5.74, 6) is -1.24. The van der Waals surface area contributed by atoms with E-state index in [1.54, 1.807) is 63.2 Å². The van der Waals surface area contributed by atoms with Gasteiger partial charge in [-0.25, -0.2) is 4.79 Å². The molecule has 2 aromatic carbocycles. The standard InChI is InChI=1S/C21H22N2O5S/c1-4-29(27)17-12-8-5-9-14(17)19(25)28-13-18(24)23-16-11-7-6-10-15(16)22-20(26)21(23,2)3/h5-12H,4,13H2,1-3H3,(H,22,26)/t29-/m0/s1. The van der Waals surface area contributed by atoms with Crippen LogP contribution in [0.4, 0.5) is 11.4 Å². The van der Waals surface area contributed by atoms with Gasteiger partial charge in [-0.05, 0) is 38.1 Å². The van der Waals surface area contributed by atoms with Crippen LogP contribution in [0.1, 0.15) is 31.1 Å². The SMILES string of the molecule is CC[S@](=O)c1ccccc1C(=O)OCC(=O)N1c2ccccc2NC(=O)C1(C)C. The molecular formula is C21H22N2O5S. The third kappa shape index (κ3) is 3.93. The van der Waals surface area contributed by atoms with E-state index in [0.29, 0.717) is 22.0 Å². The average molecular weight is 414 g/mol. The lowest BCUT2D eigenvalue weighted by atomic mass is 9.96. The van der Waals surface area contributed by atoms with Crippen molar-refractivity contribution in [2.45, 2.75) is 31.2 Å². The highest BCUT2D eigenvalue weighted by atomic mass is 32.2. The van der Waals surface area contributed by atoms with Crippen molar-refractivity contribution in [2.24, 2.45) is 0 Å². The molecule has 2 amide bonds. The number of nitrogens with one attached hydrogen (secondary N) is 1. The molecule has 0 saturated carbocycles. The Balaban J connectivity index is 1.82. The first-order valence-corrected chi connectivity index (χ1v) is 10.5. The van der Waals surface area contributed by atoms with Crippen molar-refractivity contribution >= 4 is 40.0 Å². The lowest BCUT2D eigenvalue weighted by Gasteiger charge is -2.41. The Bertz CT molecular complexity index is 1000. The van der Waals surface area contributed by atoms with Gasteiger partial charge in [0.25, 0.3) is 5.91 Å². The Labute approximate surface area is 171 Å². The van der Waals surface area contributed by atoms with E-state index >= 15 is 0 Å². The lowest BCUT2D eigenvalue weighted by molar-refractivity contribution is -0.128. The highest BCUT2D eigenvalue weighted by Crippen LogP contribution is 2.36. The molecular weight excluding hydrogens is 392 g/mol. The van der Waals surface area contributed by atoms with Gasteiger partial charge in [0.1, 0.15) is 5.54 Å². The number of nitrogens with zero attached hydrogens (tertiary/aromatic N) is 1. The van der Waals surface area contributed by atoms with E-state index in [-0.39, 0.29) is 11.5 Å². The number of hydrogen-bond donors (Lipinski definition) is 1. The van der Waals surface area contributed by atoms with Crippen LogP contribution < -0.4 is 10.2 Å². The summed E-state index contributed by atoms with van der Waals surface area (Å²) in [6.45, 7) is 4.45. The molecule has 0 radical (unpaired) electrons.